The van der Waals surface area contributed by atoms with E-state index in [1.54, 1.807) is 0 Å². The summed E-state index contributed by atoms with van der Waals surface area (Å²) >= 11 is 0. The Bertz CT molecular complexity index is 489. The van der Waals surface area contributed by atoms with Crippen molar-refractivity contribution < 1.29 is 0 Å². The van der Waals surface area contributed by atoms with E-state index in [2.05, 4.69) is 15.0 Å². The molecule has 0 aliphatic carbocycles. The largest absolute Gasteiger partial charge is 0.357 e. The van der Waals surface area contributed by atoms with Gasteiger partial charge in [0.25, 0.3) is 0 Å². The van der Waals surface area contributed by atoms with Crippen molar-refractivity contribution in [2.45, 2.75) is 13.3 Å². The monoisotopic (exact) mass is 217 g/mol. The minimum Gasteiger partial charge on any atom is -0.357 e. The first-order chi connectivity index (χ1) is 7.69. The molecule has 0 spiro atoms. The molecule has 2 aromatic rings. The number of nitrogens with two attached hydrogens (primary N) is 1. The van der Waals surface area contributed by atoms with E-state index in [0.717, 1.165) is 23.0 Å². The van der Waals surface area contributed by atoms with Crippen LogP contribution in [0.3, 0.4) is 0 Å². The van der Waals surface area contributed by atoms with Crippen molar-refractivity contribution in [2.75, 3.05) is 6.54 Å². The van der Waals surface area contributed by atoms with E-state index < -0.39 is 0 Å². The summed E-state index contributed by atoms with van der Waals surface area (Å²) in [6, 6.07) is 1.99. The van der Waals surface area contributed by atoms with Gasteiger partial charge in [0.05, 0.1) is 0 Å². The summed E-state index contributed by atoms with van der Waals surface area (Å²) in [5, 5.41) is 0. The molecular formula is C11H15N5. The third-order valence-electron chi connectivity index (χ3n) is 2.25. The van der Waals surface area contributed by atoms with E-state index in [9.17, 15) is 0 Å². The highest BCUT2D eigenvalue weighted by Gasteiger charge is 2.06. The fraction of sp³-hybridized carbons (Fsp3) is 0.364. The van der Waals surface area contributed by atoms with Gasteiger partial charge in [0.15, 0.2) is 5.82 Å². The van der Waals surface area contributed by atoms with Crippen LogP contribution in [0.15, 0.2) is 18.5 Å². The molecule has 0 atom stereocenters. The van der Waals surface area contributed by atoms with Crippen molar-refractivity contribution in [1.82, 2.24) is 19.5 Å². The van der Waals surface area contributed by atoms with E-state index in [1.807, 2.05) is 37.0 Å². The van der Waals surface area contributed by atoms with Gasteiger partial charge < -0.3 is 10.3 Å². The maximum atomic E-state index is 5.50. The molecule has 0 radical (unpaired) electrons. The first-order valence-corrected chi connectivity index (χ1v) is 5.23. The van der Waals surface area contributed by atoms with Gasteiger partial charge in [-0.05, 0) is 19.5 Å². The molecule has 84 valence electrons. The minimum absolute atomic E-state index is 0.553. The van der Waals surface area contributed by atoms with E-state index >= 15 is 0 Å². The molecule has 2 rings (SSSR count). The lowest BCUT2D eigenvalue weighted by molar-refractivity contribution is 0.827. The molecule has 0 amide bonds. The quantitative estimate of drug-likeness (QED) is 0.821. The summed E-state index contributed by atoms with van der Waals surface area (Å²) in [4.78, 5) is 13.0. The average molecular weight is 217 g/mol. The van der Waals surface area contributed by atoms with E-state index in [4.69, 9.17) is 5.73 Å². The van der Waals surface area contributed by atoms with Crippen molar-refractivity contribution >= 4 is 0 Å². The third-order valence-corrected chi connectivity index (χ3v) is 2.25. The van der Waals surface area contributed by atoms with Gasteiger partial charge in [-0.2, -0.15) is 0 Å². The maximum Gasteiger partial charge on any atom is 0.164 e. The van der Waals surface area contributed by atoms with Crippen molar-refractivity contribution in [3.05, 3.63) is 30.1 Å². The van der Waals surface area contributed by atoms with Crippen LogP contribution in [0.5, 0.6) is 0 Å². The lowest BCUT2D eigenvalue weighted by Crippen LogP contribution is -2.09. The highest BCUT2D eigenvalue weighted by molar-refractivity contribution is 5.53. The highest BCUT2D eigenvalue weighted by atomic mass is 15.0. The normalized spacial score (nSPS) is 10.7. The van der Waals surface area contributed by atoms with Crippen LogP contribution in [0.4, 0.5) is 0 Å². The van der Waals surface area contributed by atoms with Crippen LogP contribution >= 0.6 is 0 Å². The fourth-order valence-corrected chi connectivity index (χ4v) is 1.54. The molecule has 2 N–H and O–H groups in total. The van der Waals surface area contributed by atoms with Crippen molar-refractivity contribution in [3.63, 3.8) is 0 Å². The smallest absolute Gasteiger partial charge is 0.164 e. The van der Waals surface area contributed by atoms with Crippen LogP contribution in [0.2, 0.25) is 0 Å². The topological polar surface area (TPSA) is 69.6 Å². The number of hydrogen-bond donors (Lipinski definition) is 1. The van der Waals surface area contributed by atoms with E-state index in [1.165, 1.54) is 0 Å². The lowest BCUT2D eigenvalue weighted by Gasteiger charge is -2.02. The van der Waals surface area contributed by atoms with Crippen molar-refractivity contribution in [3.8, 4) is 11.4 Å². The van der Waals surface area contributed by atoms with Gasteiger partial charge in [0.1, 0.15) is 11.6 Å². The molecule has 0 bridgehead atoms. The predicted octanol–water partition coefficient (Wildman–Crippen LogP) is 0.687. The van der Waals surface area contributed by atoms with Crippen molar-refractivity contribution in [1.29, 1.82) is 0 Å². The van der Waals surface area contributed by atoms with Crippen LogP contribution in [0.1, 0.15) is 11.6 Å². The second kappa shape index (κ2) is 4.40. The Morgan fingerprint density at radius 3 is 2.75 bits per heavy atom. The number of aryl methyl sites for hydroxylation is 2. The zero-order chi connectivity index (χ0) is 11.5. The molecule has 0 fully saturated rings. The van der Waals surface area contributed by atoms with E-state index in [-0.39, 0.29) is 0 Å². The Morgan fingerprint density at radius 2 is 2.12 bits per heavy atom. The molecule has 5 heteroatoms. The van der Waals surface area contributed by atoms with Gasteiger partial charge in [-0.15, -0.1) is 0 Å². The first-order valence-electron chi connectivity index (χ1n) is 5.23. The molecule has 0 saturated heterocycles. The molecule has 0 unspecified atom stereocenters. The molecule has 5 nitrogen and oxygen atoms in total. The SMILES string of the molecule is Cc1nc(CCN)nc(-c2ccn(C)c2)n1. The molecular weight excluding hydrogens is 202 g/mol. The second-order valence-corrected chi connectivity index (χ2v) is 3.73. The molecule has 16 heavy (non-hydrogen) atoms. The van der Waals surface area contributed by atoms with Crippen LogP contribution in [-0.4, -0.2) is 26.1 Å². The summed E-state index contributed by atoms with van der Waals surface area (Å²) in [5.41, 5.74) is 6.50. The Morgan fingerprint density at radius 1 is 1.31 bits per heavy atom. The van der Waals surface area contributed by atoms with Crippen LogP contribution < -0.4 is 5.73 Å². The molecule has 0 aliphatic rings. The van der Waals surface area contributed by atoms with Crippen LogP contribution in [0, 0.1) is 6.92 Å². The van der Waals surface area contributed by atoms with Gasteiger partial charge in [-0.3, -0.25) is 0 Å². The Kier molecular flexibility index (Phi) is 2.96. The summed E-state index contributed by atoms with van der Waals surface area (Å²) in [6.45, 7) is 2.42. The van der Waals surface area contributed by atoms with Gasteiger partial charge in [0, 0.05) is 31.4 Å². The van der Waals surface area contributed by atoms with Gasteiger partial charge in [-0.25, -0.2) is 15.0 Å². The molecule has 0 aromatic carbocycles. The minimum atomic E-state index is 0.553. The summed E-state index contributed by atoms with van der Waals surface area (Å²) in [5.74, 6) is 2.21. The zero-order valence-corrected chi connectivity index (χ0v) is 9.51. The Labute approximate surface area is 94.4 Å². The first kappa shape index (κ1) is 10.8. The summed E-state index contributed by atoms with van der Waals surface area (Å²) < 4.78 is 1.97. The summed E-state index contributed by atoms with van der Waals surface area (Å²) in [7, 11) is 1.97. The molecule has 2 heterocycles. The van der Waals surface area contributed by atoms with E-state index in [0.29, 0.717) is 13.0 Å². The van der Waals surface area contributed by atoms with Gasteiger partial charge >= 0.3 is 0 Å². The summed E-state index contributed by atoms with van der Waals surface area (Å²) in [6.07, 6.45) is 4.64. The third kappa shape index (κ3) is 2.25. The van der Waals surface area contributed by atoms with Crippen LogP contribution in [-0.2, 0) is 13.5 Å². The number of nitrogens with zero attached hydrogens (tertiary/aromatic N) is 4. The van der Waals surface area contributed by atoms with Gasteiger partial charge in [0.2, 0.25) is 0 Å². The standard InChI is InChI=1S/C11H15N5/c1-8-13-10(3-5-12)15-11(14-8)9-4-6-16(2)7-9/h4,6-7H,3,5,12H2,1-2H3. The predicted molar refractivity (Wildman–Crippen MR) is 61.7 cm³/mol. The Balaban J connectivity index is 2.40. The number of rotatable bonds is 3. The lowest BCUT2D eigenvalue weighted by atomic mass is 10.3. The highest BCUT2D eigenvalue weighted by Crippen LogP contribution is 2.14. The molecule has 0 saturated carbocycles. The molecule has 2 aromatic heterocycles. The van der Waals surface area contributed by atoms with Crippen molar-refractivity contribution in [2.24, 2.45) is 12.8 Å². The maximum absolute atomic E-state index is 5.50. The second-order valence-electron chi connectivity index (χ2n) is 3.73. The number of hydrogen-bond acceptors (Lipinski definition) is 4. The fourth-order valence-electron chi connectivity index (χ4n) is 1.54. The van der Waals surface area contributed by atoms with Crippen LogP contribution in [0.25, 0.3) is 11.4 Å². The number of aromatic nitrogens is 4. The molecule has 0 aliphatic heterocycles. The van der Waals surface area contributed by atoms with Gasteiger partial charge in [-0.1, -0.05) is 0 Å². The average Bonchev–Trinajstić information content (AvgIpc) is 2.64. The zero-order valence-electron chi connectivity index (χ0n) is 9.51. The Hall–Kier alpha value is -1.75.